The van der Waals surface area contributed by atoms with Gasteiger partial charge in [0.05, 0.1) is 5.02 Å². The molecule has 0 amide bonds. The summed E-state index contributed by atoms with van der Waals surface area (Å²) in [5.74, 6) is -1.67. The van der Waals surface area contributed by atoms with Crippen LogP contribution in [0.5, 0.6) is 5.88 Å². The van der Waals surface area contributed by atoms with Crippen LogP contribution in [0.25, 0.3) is 11.6 Å². The molecule has 2 aromatic carbocycles. The number of aromatic nitrogens is 2. The van der Waals surface area contributed by atoms with E-state index in [9.17, 15) is 23.5 Å². The number of allylic oxidation sites excluding steroid dienone is 1. The Morgan fingerprint density at radius 2 is 1.90 bits per heavy atom. The number of rotatable bonds is 4. The fraction of sp³-hybridized carbons (Fsp3) is 0.0500. The van der Waals surface area contributed by atoms with Crippen LogP contribution in [0.1, 0.15) is 22.9 Å². The predicted molar refractivity (Wildman–Crippen MR) is 105 cm³/mol. The number of aldehydes is 1. The van der Waals surface area contributed by atoms with Crippen molar-refractivity contribution in [2.75, 3.05) is 0 Å². The molecule has 6 nitrogen and oxygen atoms in total. The second-order valence-electron chi connectivity index (χ2n) is 6.29. The summed E-state index contributed by atoms with van der Waals surface area (Å²) in [6, 6.07) is 6.77. The van der Waals surface area contributed by atoms with Gasteiger partial charge in [-0.05, 0) is 29.8 Å². The van der Waals surface area contributed by atoms with E-state index in [1.165, 1.54) is 30.5 Å². The molecule has 0 saturated heterocycles. The molecule has 2 N–H and O–H groups in total. The van der Waals surface area contributed by atoms with Gasteiger partial charge in [0.1, 0.15) is 29.5 Å². The van der Waals surface area contributed by atoms with Gasteiger partial charge in [-0.15, -0.1) is 0 Å². The minimum absolute atomic E-state index is 0.00798. The lowest BCUT2D eigenvalue weighted by molar-refractivity contribution is -0.109. The van der Waals surface area contributed by atoms with Crippen LogP contribution in [0.4, 0.5) is 14.5 Å². The average Bonchev–Trinajstić information content (AvgIpc) is 3.23. The zero-order valence-corrected chi connectivity index (χ0v) is 15.3. The number of aromatic hydroxyl groups is 1. The van der Waals surface area contributed by atoms with Crippen molar-refractivity contribution in [1.82, 2.24) is 9.55 Å². The lowest BCUT2D eigenvalue weighted by Crippen LogP contribution is -2.23. The highest BCUT2D eigenvalue weighted by Gasteiger charge is 2.23. The molecule has 0 fully saturated rings. The van der Waals surface area contributed by atoms with E-state index in [0.29, 0.717) is 23.0 Å². The first-order valence-electron chi connectivity index (χ1n) is 8.39. The minimum atomic E-state index is -1.16. The molecular formula is C20H12ClF2N3O3. The first-order valence-corrected chi connectivity index (χ1v) is 8.77. The Balaban J connectivity index is 1.78. The van der Waals surface area contributed by atoms with E-state index in [0.717, 1.165) is 16.7 Å². The molecule has 146 valence electrons. The van der Waals surface area contributed by atoms with Crippen LogP contribution < -0.4 is 5.69 Å². The Hall–Kier alpha value is -3.52. The third-order valence-electron chi connectivity index (χ3n) is 4.56. The van der Waals surface area contributed by atoms with Gasteiger partial charge in [0.25, 0.3) is 0 Å². The molecule has 0 aliphatic carbocycles. The predicted octanol–water partition coefficient (Wildman–Crippen LogP) is 3.86. The average molecular weight is 416 g/mol. The van der Waals surface area contributed by atoms with Gasteiger partial charge in [-0.1, -0.05) is 29.8 Å². The number of imidazole rings is 1. The number of hydrogen-bond donors (Lipinski definition) is 2. The van der Waals surface area contributed by atoms with Crippen molar-refractivity contribution in [3.05, 3.63) is 80.4 Å². The van der Waals surface area contributed by atoms with E-state index >= 15 is 0 Å². The molecule has 1 unspecified atom stereocenters. The Labute approximate surface area is 167 Å². The molecule has 1 aromatic heterocycles. The van der Waals surface area contributed by atoms with Crippen LogP contribution in [-0.2, 0) is 4.79 Å². The molecule has 29 heavy (non-hydrogen) atoms. The van der Waals surface area contributed by atoms with Crippen molar-refractivity contribution in [3.63, 3.8) is 0 Å². The van der Waals surface area contributed by atoms with Crippen LogP contribution in [-0.4, -0.2) is 27.2 Å². The second-order valence-corrected chi connectivity index (χ2v) is 6.69. The van der Waals surface area contributed by atoms with Gasteiger partial charge in [0.15, 0.2) is 5.82 Å². The van der Waals surface area contributed by atoms with Crippen LogP contribution in [0.2, 0.25) is 5.02 Å². The maximum Gasteiger partial charge on any atom is 0.329 e. The summed E-state index contributed by atoms with van der Waals surface area (Å²) >= 11 is 5.75. The number of benzene rings is 2. The summed E-state index contributed by atoms with van der Waals surface area (Å²) in [5, 5.41) is 10.5. The Morgan fingerprint density at radius 1 is 1.17 bits per heavy atom. The third kappa shape index (κ3) is 3.17. The number of carbonyl (C=O) groups excluding carboxylic acids is 1. The van der Waals surface area contributed by atoms with E-state index < -0.39 is 29.2 Å². The number of hydrogen-bond acceptors (Lipinski definition) is 4. The lowest BCUT2D eigenvalue weighted by atomic mass is 10.1. The summed E-state index contributed by atoms with van der Waals surface area (Å²) in [6.07, 6.45) is 3.24. The van der Waals surface area contributed by atoms with E-state index in [1.807, 2.05) is 0 Å². The Bertz CT molecular complexity index is 1240. The molecule has 0 radical (unpaired) electrons. The van der Waals surface area contributed by atoms with Crippen LogP contribution in [0, 0.1) is 11.6 Å². The van der Waals surface area contributed by atoms with Gasteiger partial charge < -0.3 is 14.9 Å². The molecule has 1 atom stereocenters. The molecule has 0 bridgehead atoms. The number of aromatic amines is 1. The van der Waals surface area contributed by atoms with Crippen molar-refractivity contribution in [3.8, 4) is 5.88 Å². The van der Waals surface area contributed by atoms with E-state index in [-0.39, 0.29) is 16.4 Å². The highest BCUT2D eigenvalue weighted by Crippen LogP contribution is 2.38. The largest absolute Gasteiger partial charge is 0.493 e. The third-order valence-corrected chi connectivity index (χ3v) is 4.85. The second kappa shape index (κ2) is 7.14. The molecule has 9 heteroatoms. The molecule has 1 aliphatic rings. The fourth-order valence-corrected chi connectivity index (χ4v) is 3.29. The normalized spacial score (nSPS) is 14.9. The molecule has 0 spiro atoms. The van der Waals surface area contributed by atoms with Crippen LogP contribution in [0.3, 0.4) is 0 Å². The smallest absolute Gasteiger partial charge is 0.329 e. The molecule has 2 heterocycles. The SMILES string of the molecule is O=CC(c1ccc(F)cc1)n1c(O)c(/C=C2\C=Nc3c2ccc(Cl)c3F)[nH]c1=O. The van der Waals surface area contributed by atoms with Crippen molar-refractivity contribution in [1.29, 1.82) is 0 Å². The minimum Gasteiger partial charge on any atom is -0.493 e. The lowest BCUT2D eigenvalue weighted by Gasteiger charge is -2.12. The maximum atomic E-state index is 14.1. The van der Waals surface area contributed by atoms with Gasteiger partial charge in [-0.3, -0.25) is 4.99 Å². The van der Waals surface area contributed by atoms with Gasteiger partial charge in [-0.25, -0.2) is 18.1 Å². The van der Waals surface area contributed by atoms with E-state index in [1.54, 1.807) is 6.07 Å². The Kier molecular flexibility index (Phi) is 4.63. The maximum absolute atomic E-state index is 14.1. The fourth-order valence-electron chi connectivity index (χ4n) is 3.14. The molecular weight excluding hydrogens is 404 g/mol. The van der Waals surface area contributed by atoms with Crippen LogP contribution >= 0.6 is 11.6 Å². The van der Waals surface area contributed by atoms with E-state index in [4.69, 9.17) is 11.6 Å². The highest BCUT2D eigenvalue weighted by atomic mass is 35.5. The van der Waals surface area contributed by atoms with Crippen molar-refractivity contribution < 1.29 is 18.7 Å². The van der Waals surface area contributed by atoms with Gasteiger partial charge in [0.2, 0.25) is 5.88 Å². The number of H-pyrrole nitrogens is 1. The summed E-state index contributed by atoms with van der Waals surface area (Å²) in [6.45, 7) is 0. The van der Waals surface area contributed by atoms with Crippen LogP contribution in [0.15, 0.2) is 46.2 Å². The first kappa shape index (κ1) is 18.8. The first-order chi connectivity index (χ1) is 13.9. The van der Waals surface area contributed by atoms with Gasteiger partial charge in [-0.2, -0.15) is 0 Å². The van der Waals surface area contributed by atoms with Crippen molar-refractivity contribution in [2.45, 2.75) is 6.04 Å². The molecule has 3 aromatic rings. The van der Waals surface area contributed by atoms with Crippen molar-refractivity contribution in [2.24, 2.45) is 4.99 Å². The Morgan fingerprint density at radius 3 is 2.59 bits per heavy atom. The summed E-state index contributed by atoms with van der Waals surface area (Å²) in [7, 11) is 0. The summed E-state index contributed by atoms with van der Waals surface area (Å²) < 4.78 is 28.1. The highest BCUT2D eigenvalue weighted by molar-refractivity contribution is 6.31. The monoisotopic (exact) mass is 415 g/mol. The number of aliphatic imine (C=N–C) groups is 1. The number of carbonyl (C=O) groups is 1. The molecule has 1 aliphatic heterocycles. The standard InChI is InChI=1S/C20H12ClF2N3O3/c21-14-6-5-13-11(8-24-18(13)17(14)23)7-15-19(28)26(20(29)25-15)16(9-27)10-1-3-12(22)4-2-10/h1-9,16,28H,(H,25,29)/b11-7+. The number of fused-ring (bicyclic) bond motifs is 1. The topological polar surface area (TPSA) is 87.4 Å². The number of halogens is 3. The molecule has 4 rings (SSSR count). The van der Waals surface area contributed by atoms with Gasteiger partial charge in [0, 0.05) is 17.4 Å². The summed E-state index contributed by atoms with van der Waals surface area (Å²) in [4.78, 5) is 30.4. The zero-order valence-electron chi connectivity index (χ0n) is 14.6. The summed E-state index contributed by atoms with van der Waals surface area (Å²) in [5.41, 5.74) is 0.513. The van der Waals surface area contributed by atoms with Gasteiger partial charge >= 0.3 is 5.69 Å². The zero-order chi connectivity index (χ0) is 20.7. The van der Waals surface area contributed by atoms with Crippen molar-refractivity contribution >= 4 is 41.4 Å². The number of nitrogens with zero attached hydrogens (tertiary/aromatic N) is 2. The quantitative estimate of drug-likeness (QED) is 0.634. The molecule has 0 saturated carbocycles. The van der Waals surface area contributed by atoms with E-state index in [2.05, 4.69) is 9.98 Å². The number of nitrogens with one attached hydrogen (secondary N) is 1.